The van der Waals surface area contributed by atoms with Crippen molar-refractivity contribution in [3.8, 4) is 0 Å². The van der Waals surface area contributed by atoms with E-state index in [0.29, 0.717) is 0 Å². The van der Waals surface area contributed by atoms with Crippen molar-refractivity contribution in [2.24, 2.45) is 0 Å². The lowest BCUT2D eigenvalue weighted by molar-refractivity contribution is -0.0612. The van der Waals surface area contributed by atoms with Gasteiger partial charge in [0.15, 0.2) is 0 Å². The van der Waals surface area contributed by atoms with Crippen molar-refractivity contribution in [2.75, 3.05) is 7.05 Å². The summed E-state index contributed by atoms with van der Waals surface area (Å²) in [5.41, 5.74) is 0. The molecule has 0 radical (unpaired) electrons. The Bertz CT molecular complexity index is 103. The normalized spacial score (nSPS) is 29.8. The van der Waals surface area contributed by atoms with Crippen LogP contribution in [0.5, 0.6) is 0 Å². The quantitative estimate of drug-likeness (QED) is 0.481. The molecule has 1 aliphatic rings. The number of rotatable bonds is 0. The van der Waals surface area contributed by atoms with E-state index in [0.717, 1.165) is 0 Å². The van der Waals surface area contributed by atoms with Gasteiger partial charge in [-0.25, -0.2) is 4.79 Å². The van der Waals surface area contributed by atoms with Gasteiger partial charge in [0.1, 0.15) is 6.17 Å². The van der Waals surface area contributed by atoms with Crippen molar-refractivity contribution in [1.29, 1.82) is 0 Å². The van der Waals surface area contributed by atoms with Crippen molar-refractivity contribution in [2.45, 2.75) is 13.1 Å². The van der Waals surface area contributed by atoms with Gasteiger partial charge in [-0.3, -0.25) is 0 Å². The molecule has 1 N–H and O–H groups in total. The molecule has 0 bridgehead atoms. The second-order valence-electron chi connectivity index (χ2n) is 1.75. The second kappa shape index (κ2) is 1.63. The van der Waals surface area contributed by atoms with Crippen LogP contribution < -0.4 is 5.32 Å². The zero-order chi connectivity index (χ0) is 6.15. The van der Waals surface area contributed by atoms with E-state index < -0.39 is 0 Å². The molecule has 4 nitrogen and oxygen atoms in total. The maximum absolute atomic E-state index is 10.3. The topological polar surface area (TPSA) is 41.6 Å². The summed E-state index contributed by atoms with van der Waals surface area (Å²) in [6, 6.07) is 0. The average Bonchev–Trinajstić information content (AvgIpc) is 1.85. The van der Waals surface area contributed by atoms with Crippen LogP contribution in [-0.2, 0) is 4.84 Å². The van der Waals surface area contributed by atoms with Crippen molar-refractivity contribution in [1.82, 2.24) is 10.4 Å². The van der Waals surface area contributed by atoms with E-state index >= 15 is 0 Å². The number of carbonyl (C=O) groups is 1. The number of nitrogens with one attached hydrogen (secondary N) is 1. The van der Waals surface area contributed by atoms with Gasteiger partial charge in [0.25, 0.3) is 0 Å². The number of amides is 1. The van der Waals surface area contributed by atoms with Gasteiger partial charge < -0.3 is 10.2 Å². The molecule has 1 atom stereocenters. The molecule has 0 aromatic rings. The van der Waals surface area contributed by atoms with Crippen LogP contribution in [0.4, 0.5) is 4.79 Å². The van der Waals surface area contributed by atoms with E-state index in [1.54, 1.807) is 7.05 Å². The van der Waals surface area contributed by atoms with Crippen molar-refractivity contribution in [3.05, 3.63) is 0 Å². The highest BCUT2D eigenvalue weighted by molar-refractivity contribution is 5.68. The van der Waals surface area contributed by atoms with Crippen LogP contribution in [0.15, 0.2) is 0 Å². The maximum Gasteiger partial charge on any atom is 0.427 e. The van der Waals surface area contributed by atoms with Crippen LogP contribution in [0.3, 0.4) is 0 Å². The van der Waals surface area contributed by atoms with Crippen LogP contribution in [0, 0.1) is 0 Å². The number of hydroxylamine groups is 2. The first-order valence-corrected chi connectivity index (χ1v) is 2.41. The van der Waals surface area contributed by atoms with Gasteiger partial charge >= 0.3 is 6.09 Å². The van der Waals surface area contributed by atoms with Crippen molar-refractivity contribution < 1.29 is 9.63 Å². The van der Waals surface area contributed by atoms with Crippen LogP contribution >= 0.6 is 0 Å². The van der Waals surface area contributed by atoms with Gasteiger partial charge in [0.2, 0.25) is 0 Å². The van der Waals surface area contributed by atoms with Crippen molar-refractivity contribution in [3.63, 3.8) is 0 Å². The van der Waals surface area contributed by atoms with E-state index in [9.17, 15) is 4.79 Å². The Balaban J connectivity index is 2.51. The van der Waals surface area contributed by atoms with Crippen LogP contribution in [0.25, 0.3) is 0 Å². The molecule has 8 heavy (non-hydrogen) atoms. The molecule has 1 unspecified atom stereocenters. The molecule has 0 spiro atoms. The lowest BCUT2D eigenvalue weighted by atomic mass is 10.6. The largest absolute Gasteiger partial charge is 0.427 e. The minimum atomic E-state index is -0.375. The maximum atomic E-state index is 10.3. The summed E-state index contributed by atoms with van der Waals surface area (Å²) in [5.74, 6) is 0. The van der Waals surface area contributed by atoms with Gasteiger partial charge in [-0.15, -0.1) is 5.06 Å². The van der Waals surface area contributed by atoms with Crippen molar-refractivity contribution >= 4 is 6.09 Å². The van der Waals surface area contributed by atoms with Gasteiger partial charge in [-0.05, 0) is 6.92 Å². The average molecular weight is 116 g/mol. The third kappa shape index (κ3) is 0.742. The highest BCUT2D eigenvalue weighted by Crippen LogP contribution is 2.00. The third-order valence-corrected chi connectivity index (χ3v) is 1.10. The fourth-order valence-corrected chi connectivity index (χ4v) is 0.498. The molecule has 1 heterocycles. The fraction of sp³-hybridized carbons (Fsp3) is 0.750. The summed E-state index contributed by atoms with van der Waals surface area (Å²) in [5, 5.41) is 3.99. The highest BCUT2D eigenvalue weighted by Gasteiger charge is 2.23. The SMILES string of the molecule is CC1NC(=O)ON1C. The van der Waals surface area contributed by atoms with E-state index in [4.69, 9.17) is 0 Å². The predicted molar refractivity (Wildman–Crippen MR) is 26.8 cm³/mol. The molecule has 0 aliphatic carbocycles. The zero-order valence-electron chi connectivity index (χ0n) is 4.84. The van der Waals surface area contributed by atoms with E-state index in [-0.39, 0.29) is 12.3 Å². The summed E-state index contributed by atoms with van der Waals surface area (Å²) < 4.78 is 0. The number of hydrogen-bond donors (Lipinski definition) is 1. The summed E-state index contributed by atoms with van der Waals surface area (Å²) in [4.78, 5) is 14.8. The van der Waals surface area contributed by atoms with Gasteiger partial charge in [0.05, 0.1) is 0 Å². The molecule has 0 aromatic heterocycles. The Morgan fingerprint density at radius 2 is 2.50 bits per heavy atom. The van der Waals surface area contributed by atoms with E-state index in [1.165, 1.54) is 5.06 Å². The Morgan fingerprint density at radius 1 is 1.88 bits per heavy atom. The number of nitrogens with zero attached hydrogens (tertiary/aromatic N) is 1. The van der Waals surface area contributed by atoms with Gasteiger partial charge in [0, 0.05) is 7.05 Å². The molecule has 1 saturated heterocycles. The first-order valence-electron chi connectivity index (χ1n) is 2.41. The molecular formula is C4H8N2O2. The summed E-state index contributed by atoms with van der Waals surface area (Å²) in [7, 11) is 1.70. The predicted octanol–water partition coefficient (Wildman–Crippen LogP) is -0.0810. The van der Waals surface area contributed by atoms with Crippen LogP contribution in [0.2, 0.25) is 0 Å². The minimum Gasteiger partial charge on any atom is -0.349 e. The molecule has 1 fully saturated rings. The monoisotopic (exact) mass is 116 g/mol. The second-order valence-corrected chi connectivity index (χ2v) is 1.75. The molecule has 1 amide bonds. The molecule has 0 saturated carbocycles. The van der Waals surface area contributed by atoms with Gasteiger partial charge in [-0.1, -0.05) is 0 Å². The Kier molecular flexibility index (Phi) is 1.09. The first kappa shape index (κ1) is 5.37. The Hall–Kier alpha value is -0.770. The third-order valence-electron chi connectivity index (χ3n) is 1.10. The molecule has 4 heteroatoms. The van der Waals surface area contributed by atoms with E-state index in [1.807, 2.05) is 6.92 Å². The standard InChI is InChI=1S/C4H8N2O2/c1-3-5-4(7)8-6(3)2/h3H,1-2H3,(H,5,7). The number of hydrogen-bond acceptors (Lipinski definition) is 3. The lowest BCUT2D eigenvalue weighted by Crippen LogP contribution is -2.29. The number of carbonyl (C=O) groups excluding carboxylic acids is 1. The first-order chi connectivity index (χ1) is 3.70. The molecule has 1 aliphatic heterocycles. The molecule has 0 aromatic carbocycles. The van der Waals surface area contributed by atoms with Crippen LogP contribution in [0.1, 0.15) is 6.92 Å². The molecule has 46 valence electrons. The summed E-state index contributed by atoms with van der Waals surface area (Å²) >= 11 is 0. The molecule has 1 rings (SSSR count). The Morgan fingerprint density at radius 3 is 2.62 bits per heavy atom. The van der Waals surface area contributed by atoms with E-state index in [2.05, 4.69) is 10.2 Å². The van der Waals surface area contributed by atoms with Gasteiger partial charge in [-0.2, -0.15) is 0 Å². The van der Waals surface area contributed by atoms with Crippen LogP contribution in [-0.4, -0.2) is 24.4 Å². The summed E-state index contributed by atoms with van der Waals surface area (Å²) in [6.07, 6.45) is -0.373. The molecular weight excluding hydrogens is 108 g/mol. The highest BCUT2D eigenvalue weighted by atomic mass is 16.7. The smallest absolute Gasteiger partial charge is 0.349 e. The fourth-order valence-electron chi connectivity index (χ4n) is 0.498. The zero-order valence-corrected chi connectivity index (χ0v) is 4.84. The minimum absolute atomic E-state index is 0.00231. The summed E-state index contributed by atoms with van der Waals surface area (Å²) in [6.45, 7) is 1.84. The Labute approximate surface area is 47.4 Å². The lowest BCUT2D eigenvalue weighted by Gasteiger charge is -2.07.